The molecule has 0 aromatic carbocycles. The van der Waals surface area contributed by atoms with Gasteiger partial charge in [0.05, 0.1) is 5.54 Å². The van der Waals surface area contributed by atoms with Crippen molar-refractivity contribution in [2.24, 2.45) is 4.99 Å². The molecule has 0 unspecified atom stereocenters. The highest BCUT2D eigenvalue weighted by atomic mass is 127. The van der Waals surface area contributed by atoms with Crippen LogP contribution in [0.5, 0.6) is 0 Å². The van der Waals surface area contributed by atoms with Crippen molar-refractivity contribution in [3.8, 4) is 0 Å². The van der Waals surface area contributed by atoms with Crippen molar-refractivity contribution in [1.82, 2.24) is 35.8 Å². The number of nitrogens with two attached hydrogens (primary N) is 2. The van der Waals surface area contributed by atoms with Gasteiger partial charge in [0.15, 0.2) is 23.3 Å². The number of hydrogen-bond acceptors (Lipinski definition) is 7. The van der Waals surface area contributed by atoms with Crippen LogP contribution in [-0.2, 0) is 6.42 Å². The number of likely N-dealkylation sites (tertiary alicyclic amines) is 1. The number of carbonyl (C=O) groups is 2. The summed E-state index contributed by atoms with van der Waals surface area (Å²) in [6, 6.07) is 5.78. The van der Waals surface area contributed by atoms with E-state index in [0.29, 0.717) is 35.8 Å². The molecule has 0 bridgehead atoms. The van der Waals surface area contributed by atoms with Crippen LogP contribution in [0.25, 0.3) is 0 Å². The number of nitrogens with zero attached hydrogens (tertiary/aromatic N) is 5. The summed E-state index contributed by atoms with van der Waals surface area (Å²) in [6.45, 7) is 2.43. The fraction of sp³-hybridized carbons (Fsp3) is 0.429. The number of nitrogens with one attached hydrogen (secondary N) is 3. The van der Waals surface area contributed by atoms with Crippen molar-refractivity contribution >= 4 is 52.1 Å². The highest BCUT2D eigenvalue weighted by Crippen LogP contribution is 2.25. The largest absolute Gasteiger partial charge is 0.382 e. The Labute approximate surface area is 210 Å². The molecule has 1 spiro atoms. The number of aryl methyl sites for hydroxylation is 1. The maximum atomic E-state index is 12.6. The monoisotopic (exact) mass is 578 g/mol. The van der Waals surface area contributed by atoms with E-state index in [0.717, 1.165) is 31.4 Å². The number of hydrogen-bond donors (Lipinski definition) is 5. The van der Waals surface area contributed by atoms with Crippen LogP contribution in [0.3, 0.4) is 0 Å². The van der Waals surface area contributed by atoms with Gasteiger partial charge in [-0.05, 0) is 60.4 Å². The highest BCUT2D eigenvalue weighted by molar-refractivity contribution is 14.1. The van der Waals surface area contributed by atoms with Crippen LogP contribution in [0.2, 0.25) is 0 Å². The third-order valence-electron chi connectivity index (χ3n) is 5.92. The zero-order valence-electron chi connectivity index (χ0n) is 18.6. The molecule has 13 heteroatoms. The van der Waals surface area contributed by atoms with E-state index in [1.807, 2.05) is 45.7 Å². The van der Waals surface area contributed by atoms with Crippen LogP contribution in [0.15, 0.2) is 29.4 Å². The number of urea groups is 1. The first kappa shape index (κ1) is 23.9. The third kappa shape index (κ3) is 5.63. The normalized spacial score (nSPS) is 17.9. The fourth-order valence-electron chi connectivity index (χ4n) is 3.98. The van der Waals surface area contributed by atoms with Gasteiger partial charge in [0.1, 0.15) is 3.70 Å². The average molecular weight is 578 g/mol. The predicted octanol–water partition coefficient (Wildman–Crippen LogP) is 0.507. The van der Waals surface area contributed by atoms with Crippen LogP contribution in [-0.4, -0.2) is 69.5 Å². The number of anilines is 2. The number of amides is 3. The standard InChI is InChI=1S/C21H27IN10O2/c22-15-17(24)29-16(23)14(28-15)18(33)30-19-27-12-21(31-19)6-10-32(11-7-21)20(34)26-9-3-5-13-4-1-2-8-25-13/h1-2,4,8H,3,5-7,9-12H2,(H,26,34)(H4,23,24,29)(H2,27,30,31,33). The lowest BCUT2D eigenvalue weighted by Crippen LogP contribution is -2.55. The molecule has 2 fully saturated rings. The van der Waals surface area contributed by atoms with Gasteiger partial charge in [0.2, 0.25) is 0 Å². The molecule has 4 heterocycles. The van der Waals surface area contributed by atoms with E-state index in [4.69, 9.17) is 11.5 Å². The zero-order valence-corrected chi connectivity index (χ0v) is 20.7. The van der Waals surface area contributed by atoms with Gasteiger partial charge in [-0.25, -0.2) is 14.8 Å². The summed E-state index contributed by atoms with van der Waals surface area (Å²) in [4.78, 5) is 43.3. The van der Waals surface area contributed by atoms with Crippen molar-refractivity contribution in [3.63, 3.8) is 0 Å². The molecule has 2 saturated heterocycles. The van der Waals surface area contributed by atoms with Crippen molar-refractivity contribution < 1.29 is 9.59 Å². The van der Waals surface area contributed by atoms with Crippen molar-refractivity contribution in [2.75, 3.05) is 37.6 Å². The Morgan fingerprint density at radius 1 is 1.21 bits per heavy atom. The second-order valence-corrected chi connectivity index (χ2v) is 9.32. The Hall–Kier alpha value is -3.23. The van der Waals surface area contributed by atoms with Gasteiger partial charge in [0, 0.05) is 38.1 Å². The van der Waals surface area contributed by atoms with E-state index in [2.05, 4.69) is 35.9 Å². The molecule has 2 aliphatic heterocycles. The minimum absolute atomic E-state index is 0.0369. The lowest BCUT2D eigenvalue weighted by atomic mass is 9.89. The summed E-state index contributed by atoms with van der Waals surface area (Å²) in [5, 5.41) is 9.45. The molecule has 0 radical (unpaired) electrons. The summed E-state index contributed by atoms with van der Waals surface area (Å²) in [5.74, 6) is -0.121. The highest BCUT2D eigenvalue weighted by Gasteiger charge is 2.40. The van der Waals surface area contributed by atoms with E-state index < -0.39 is 5.91 Å². The summed E-state index contributed by atoms with van der Waals surface area (Å²) in [5.41, 5.74) is 12.2. The first-order chi connectivity index (χ1) is 16.3. The fourth-order valence-corrected chi connectivity index (χ4v) is 4.34. The van der Waals surface area contributed by atoms with E-state index in [1.165, 1.54) is 0 Å². The van der Waals surface area contributed by atoms with Gasteiger partial charge in [-0.1, -0.05) is 6.07 Å². The van der Waals surface area contributed by atoms with Gasteiger partial charge >= 0.3 is 11.9 Å². The molecule has 34 heavy (non-hydrogen) atoms. The maximum absolute atomic E-state index is 12.6. The molecule has 3 amide bonds. The molecule has 0 atom stereocenters. The topological polar surface area (TPSA) is 177 Å². The summed E-state index contributed by atoms with van der Waals surface area (Å²) in [6.07, 6.45) is 4.90. The van der Waals surface area contributed by atoms with Crippen molar-refractivity contribution in [1.29, 1.82) is 0 Å². The van der Waals surface area contributed by atoms with Crippen LogP contribution < -0.4 is 27.4 Å². The minimum atomic E-state index is -0.600. The van der Waals surface area contributed by atoms with Gasteiger partial charge in [-0.3, -0.25) is 9.78 Å². The lowest BCUT2D eigenvalue weighted by molar-refractivity contribution is 0.0998. The van der Waals surface area contributed by atoms with Crippen LogP contribution >= 0.6 is 22.6 Å². The number of nitrogen functional groups attached to an aromatic ring is 2. The molecule has 4 rings (SSSR count). The minimum Gasteiger partial charge on any atom is -0.382 e. The lowest BCUT2D eigenvalue weighted by Gasteiger charge is -2.38. The molecule has 2 aromatic heterocycles. The van der Waals surface area contributed by atoms with Gasteiger partial charge in [-0.2, -0.15) is 4.99 Å². The average Bonchev–Trinajstić information content (AvgIpc) is 3.21. The molecule has 7 N–H and O–H groups in total. The number of pyridine rings is 1. The van der Waals surface area contributed by atoms with Crippen LogP contribution in [0.4, 0.5) is 16.4 Å². The number of piperidine rings is 1. The van der Waals surface area contributed by atoms with Crippen molar-refractivity contribution in [3.05, 3.63) is 39.5 Å². The maximum Gasteiger partial charge on any atom is 0.317 e. The Kier molecular flexibility index (Phi) is 7.29. The molecule has 2 aliphatic rings. The summed E-state index contributed by atoms with van der Waals surface area (Å²) in [7, 11) is 0. The van der Waals surface area contributed by atoms with Gasteiger partial charge in [-0.15, -0.1) is 0 Å². The second kappa shape index (κ2) is 10.4. The summed E-state index contributed by atoms with van der Waals surface area (Å²) < 4.78 is 0.390. The molecule has 0 aliphatic carbocycles. The van der Waals surface area contributed by atoms with Gasteiger partial charge in [0.25, 0.3) is 0 Å². The number of aromatic nitrogens is 3. The number of carbonyl (C=O) groups excluding carboxylic acids is 2. The Balaban J connectivity index is 1.25. The number of halogens is 1. The molecule has 2 aromatic rings. The Morgan fingerprint density at radius 2 is 2.00 bits per heavy atom. The first-order valence-corrected chi connectivity index (χ1v) is 12.1. The van der Waals surface area contributed by atoms with E-state index in [9.17, 15) is 9.59 Å². The second-order valence-electron chi connectivity index (χ2n) is 8.30. The third-order valence-corrected chi connectivity index (χ3v) is 6.71. The van der Waals surface area contributed by atoms with Crippen LogP contribution in [0, 0.1) is 3.70 Å². The molecule has 0 saturated carbocycles. The van der Waals surface area contributed by atoms with Crippen molar-refractivity contribution in [2.45, 2.75) is 31.2 Å². The quantitative estimate of drug-likeness (QED) is 0.250. The smallest absolute Gasteiger partial charge is 0.317 e. The van der Waals surface area contributed by atoms with Gasteiger partial charge < -0.3 is 32.3 Å². The first-order valence-electron chi connectivity index (χ1n) is 11.0. The Bertz CT molecular complexity index is 1090. The SMILES string of the molecule is Nc1nc(N)c(C(=O)/N=C2\NCC3(CCN(C(=O)NCCCc4ccccn4)CC3)N2)nc1I. The van der Waals surface area contributed by atoms with E-state index in [1.54, 1.807) is 6.20 Å². The number of rotatable bonds is 5. The number of guanidine groups is 1. The molecular weight excluding hydrogens is 551 g/mol. The van der Waals surface area contributed by atoms with Crippen LogP contribution in [0.1, 0.15) is 35.4 Å². The Morgan fingerprint density at radius 3 is 2.74 bits per heavy atom. The molecular formula is C21H27IN10O2. The van der Waals surface area contributed by atoms with E-state index in [-0.39, 0.29) is 28.9 Å². The molecule has 12 nitrogen and oxygen atoms in total. The summed E-state index contributed by atoms with van der Waals surface area (Å²) >= 11 is 1.89. The molecule has 180 valence electrons. The zero-order chi connectivity index (χ0) is 24.1. The van der Waals surface area contributed by atoms with E-state index >= 15 is 0 Å². The number of aliphatic imine (C=N–C) groups is 1. The predicted molar refractivity (Wildman–Crippen MR) is 136 cm³/mol.